The highest BCUT2D eigenvalue weighted by Gasteiger charge is 2.20. The molecule has 1 saturated heterocycles. The number of nitrogens with zero attached hydrogens (tertiary/aromatic N) is 1. The van der Waals surface area contributed by atoms with Crippen molar-refractivity contribution in [3.05, 3.63) is 0 Å². The normalized spacial score (nSPS) is 21.3. The summed E-state index contributed by atoms with van der Waals surface area (Å²) in [6.45, 7) is 16.7. The lowest BCUT2D eigenvalue weighted by Crippen LogP contribution is -2.47. The van der Waals surface area contributed by atoms with Crippen LogP contribution in [0.5, 0.6) is 0 Å². The second-order valence-electron chi connectivity index (χ2n) is 6.90. The van der Waals surface area contributed by atoms with Gasteiger partial charge in [-0.05, 0) is 5.41 Å². The van der Waals surface area contributed by atoms with E-state index in [-0.39, 0.29) is 0 Å². The van der Waals surface area contributed by atoms with Crippen molar-refractivity contribution in [3.8, 4) is 11.8 Å². The average Bonchev–Trinajstić information content (AvgIpc) is 2.27. The molecule has 1 atom stereocenters. The molecule has 0 amide bonds. The molecule has 1 heterocycles. The average molecular weight is 266 g/mol. The van der Waals surface area contributed by atoms with Crippen LogP contribution in [0.4, 0.5) is 0 Å². The fourth-order valence-electron chi connectivity index (χ4n) is 2.02. The van der Waals surface area contributed by atoms with Gasteiger partial charge in [-0.15, -0.1) is 0 Å². The standard InChI is InChI=1S/C16H30N2O/c1-14(2)7-6-8-18-9-10-19-15(12-18)11-17-13-16(3,4)5/h14-15,17H,8-13H2,1-5H3/t15-/m1/s1. The first kappa shape index (κ1) is 16.5. The summed E-state index contributed by atoms with van der Waals surface area (Å²) in [6, 6.07) is 0. The van der Waals surface area contributed by atoms with Crippen LogP contribution in [0.1, 0.15) is 34.6 Å². The molecular weight excluding hydrogens is 236 g/mol. The van der Waals surface area contributed by atoms with Gasteiger partial charge in [-0.2, -0.15) is 0 Å². The summed E-state index contributed by atoms with van der Waals surface area (Å²) >= 11 is 0. The Morgan fingerprint density at radius 3 is 2.74 bits per heavy atom. The number of hydrogen-bond acceptors (Lipinski definition) is 3. The van der Waals surface area contributed by atoms with Gasteiger partial charge in [0.25, 0.3) is 0 Å². The Morgan fingerprint density at radius 1 is 1.37 bits per heavy atom. The van der Waals surface area contributed by atoms with Crippen LogP contribution < -0.4 is 5.32 Å². The predicted molar refractivity (Wildman–Crippen MR) is 81.1 cm³/mol. The first-order valence-electron chi connectivity index (χ1n) is 7.40. The molecule has 3 heteroatoms. The lowest BCUT2D eigenvalue weighted by molar-refractivity contribution is -0.0231. The quantitative estimate of drug-likeness (QED) is 0.788. The van der Waals surface area contributed by atoms with Crippen LogP contribution >= 0.6 is 0 Å². The zero-order chi connectivity index (χ0) is 14.3. The summed E-state index contributed by atoms with van der Waals surface area (Å²) in [5.41, 5.74) is 0.330. The molecule has 110 valence electrons. The van der Waals surface area contributed by atoms with Gasteiger partial charge in [0.2, 0.25) is 0 Å². The van der Waals surface area contributed by atoms with Crippen molar-refractivity contribution in [3.63, 3.8) is 0 Å². The SMILES string of the molecule is CC(C)C#CCN1CCO[C@H](CNCC(C)(C)C)C1. The van der Waals surface area contributed by atoms with Gasteiger partial charge in [-0.3, -0.25) is 4.90 Å². The Morgan fingerprint density at radius 2 is 2.11 bits per heavy atom. The van der Waals surface area contributed by atoms with Gasteiger partial charge in [0.15, 0.2) is 0 Å². The fourth-order valence-corrected chi connectivity index (χ4v) is 2.02. The van der Waals surface area contributed by atoms with Crippen LogP contribution in [0, 0.1) is 23.2 Å². The topological polar surface area (TPSA) is 24.5 Å². The first-order chi connectivity index (χ1) is 8.87. The van der Waals surface area contributed by atoms with Crippen molar-refractivity contribution >= 4 is 0 Å². The molecule has 0 aromatic heterocycles. The summed E-state index contributed by atoms with van der Waals surface area (Å²) in [7, 11) is 0. The van der Waals surface area contributed by atoms with E-state index in [2.05, 4.69) is 56.7 Å². The molecule has 0 saturated carbocycles. The molecule has 0 spiro atoms. The third-order valence-electron chi connectivity index (χ3n) is 2.94. The Balaban J connectivity index is 2.25. The van der Waals surface area contributed by atoms with Crippen molar-refractivity contribution in [1.29, 1.82) is 0 Å². The van der Waals surface area contributed by atoms with E-state index in [9.17, 15) is 0 Å². The molecule has 19 heavy (non-hydrogen) atoms. The Hall–Kier alpha value is -0.560. The van der Waals surface area contributed by atoms with Gasteiger partial charge in [0.1, 0.15) is 0 Å². The van der Waals surface area contributed by atoms with Crippen molar-refractivity contribution in [2.75, 3.05) is 39.3 Å². The highest BCUT2D eigenvalue weighted by atomic mass is 16.5. The van der Waals surface area contributed by atoms with Crippen LogP contribution in [-0.4, -0.2) is 50.3 Å². The second kappa shape index (κ2) is 7.89. The fraction of sp³-hybridized carbons (Fsp3) is 0.875. The van der Waals surface area contributed by atoms with Crippen LogP contribution in [0.2, 0.25) is 0 Å². The molecule has 0 unspecified atom stereocenters. The Labute approximate surface area is 119 Å². The number of rotatable bonds is 4. The highest BCUT2D eigenvalue weighted by molar-refractivity contribution is 5.03. The zero-order valence-electron chi connectivity index (χ0n) is 13.3. The molecule has 1 N–H and O–H groups in total. The summed E-state index contributed by atoms with van der Waals surface area (Å²) < 4.78 is 5.80. The van der Waals surface area contributed by atoms with Gasteiger partial charge in [0, 0.05) is 32.1 Å². The largest absolute Gasteiger partial charge is 0.374 e. The van der Waals surface area contributed by atoms with E-state index >= 15 is 0 Å². The highest BCUT2D eigenvalue weighted by Crippen LogP contribution is 2.11. The summed E-state index contributed by atoms with van der Waals surface area (Å²) in [5.74, 6) is 6.94. The minimum atomic E-state index is 0.303. The summed E-state index contributed by atoms with van der Waals surface area (Å²) in [6.07, 6.45) is 0.303. The molecule has 1 rings (SSSR count). The van der Waals surface area contributed by atoms with Gasteiger partial charge >= 0.3 is 0 Å². The lowest BCUT2D eigenvalue weighted by Gasteiger charge is -2.32. The lowest BCUT2D eigenvalue weighted by atomic mass is 9.97. The van der Waals surface area contributed by atoms with E-state index in [1.807, 2.05) is 0 Å². The van der Waals surface area contributed by atoms with Crippen molar-refractivity contribution in [2.24, 2.45) is 11.3 Å². The van der Waals surface area contributed by atoms with Crippen molar-refractivity contribution in [1.82, 2.24) is 10.2 Å². The third kappa shape index (κ3) is 8.26. The number of hydrogen-bond donors (Lipinski definition) is 1. The summed E-state index contributed by atoms with van der Waals surface area (Å²) in [5, 5.41) is 3.50. The Kier molecular flexibility index (Phi) is 6.85. The van der Waals surface area contributed by atoms with E-state index in [1.165, 1.54) is 0 Å². The van der Waals surface area contributed by atoms with Gasteiger partial charge < -0.3 is 10.1 Å². The minimum Gasteiger partial charge on any atom is -0.374 e. The zero-order valence-corrected chi connectivity index (χ0v) is 13.3. The molecule has 1 aliphatic rings. The monoisotopic (exact) mass is 266 g/mol. The molecule has 0 aliphatic carbocycles. The molecule has 0 bridgehead atoms. The molecular formula is C16H30N2O. The van der Waals surface area contributed by atoms with Gasteiger partial charge in [-0.25, -0.2) is 0 Å². The van der Waals surface area contributed by atoms with Gasteiger partial charge in [-0.1, -0.05) is 46.5 Å². The molecule has 0 radical (unpaired) electrons. The summed E-state index contributed by atoms with van der Waals surface area (Å²) in [4.78, 5) is 2.39. The predicted octanol–water partition coefficient (Wildman–Crippen LogP) is 1.98. The van der Waals surface area contributed by atoms with E-state index in [1.54, 1.807) is 0 Å². The number of nitrogens with one attached hydrogen (secondary N) is 1. The van der Waals surface area contributed by atoms with Crippen LogP contribution in [0.15, 0.2) is 0 Å². The molecule has 1 fully saturated rings. The van der Waals surface area contributed by atoms with Gasteiger partial charge in [0.05, 0.1) is 19.3 Å². The van der Waals surface area contributed by atoms with E-state index in [0.29, 0.717) is 17.4 Å². The second-order valence-corrected chi connectivity index (χ2v) is 6.90. The molecule has 3 nitrogen and oxygen atoms in total. The first-order valence-corrected chi connectivity index (χ1v) is 7.40. The number of ether oxygens (including phenoxy) is 1. The maximum absolute atomic E-state index is 5.80. The van der Waals surface area contributed by atoms with Crippen LogP contribution in [-0.2, 0) is 4.74 Å². The van der Waals surface area contributed by atoms with E-state index in [4.69, 9.17) is 4.74 Å². The maximum atomic E-state index is 5.80. The Bertz CT molecular complexity index is 309. The number of morpholine rings is 1. The van der Waals surface area contributed by atoms with Crippen molar-refractivity contribution in [2.45, 2.75) is 40.7 Å². The van der Waals surface area contributed by atoms with Crippen LogP contribution in [0.3, 0.4) is 0 Å². The van der Waals surface area contributed by atoms with E-state index < -0.39 is 0 Å². The van der Waals surface area contributed by atoms with Crippen LogP contribution in [0.25, 0.3) is 0 Å². The molecule has 1 aliphatic heterocycles. The minimum absolute atomic E-state index is 0.303. The molecule has 0 aromatic rings. The maximum Gasteiger partial charge on any atom is 0.0827 e. The van der Waals surface area contributed by atoms with Crippen molar-refractivity contribution < 1.29 is 4.74 Å². The third-order valence-corrected chi connectivity index (χ3v) is 2.94. The molecule has 0 aromatic carbocycles. The van der Waals surface area contributed by atoms with E-state index in [0.717, 1.165) is 39.3 Å². The smallest absolute Gasteiger partial charge is 0.0827 e.